The van der Waals surface area contributed by atoms with E-state index in [-0.39, 0.29) is 0 Å². The molecule has 1 radical (unpaired) electrons. The summed E-state index contributed by atoms with van der Waals surface area (Å²) in [6.45, 7) is 0. The van der Waals surface area contributed by atoms with E-state index in [4.69, 9.17) is 12.6 Å². The number of hydrogen-bond donors (Lipinski definition) is 1. The first kappa shape index (κ1) is 7.83. The molecule has 1 heterocycles. The summed E-state index contributed by atoms with van der Waals surface area (Å²) in [5.74, 6) is 0. The van der Waals surface area contributed by atoms with Crippen LogP contribution in [0, 0.1) is 0 Å². The van der Waals surface area contributed by atoms with Gasteiger partial charge in [-0.05, 0) is 18.2 Å². The maximum atomic E-state index is 5.12. The van der Waals surface area contributed by atoms with Crippen LogP contribution in [-0.2, 0) is 0 Å². The van der Waals surface area contributed by atoms with Gasteiger partial charge in [0.1, 0.15) is 0 Å². The number of H-pyrrole nitrogens is 1. The number of aromatic amines is 1. The van der Waals surface area contributed by atoms with E-state index in [0.717, 1.165) is 10.4 Å². The molecule has 2 heteroatoms. The van der Waals surface area contributed by atoms with Gasteiger partial charge < -0.3 is 4.98 Å². The third-order valence-electron chi connectivity index (χ3n) is 2.48. The van der Waals surface area contributed by atoms with Gasteiger partial charge in [0.15, 0.2) is 0 Å². The second kappa shape index (κ2) is 2.72. The van der Waals surface area contributed by atoms with Crippen LogP contribution in [0.1, 0.15) is 0 Å². The molecule has 1 aromatic heterocycles. The highest BCUT2D eigenvalue weighted by molar-refractivity contribution is 7.80. The summed E-state index contributed by atoms with van der Waals surface area (Å²) in [7, 11) is 0. The number of nitrogens with one attached hydrogen (secondary N) is 1. The van der Waals surface area contributed by atoms with Crippen molar-refractivity contribution in [3.05, 3.63) is 42.5 Å². The average molecular weight is 198 g/mol. The van der Waals surface area contributed by atoms with Crippen molar-refractivity contribution < 1.29 is 0 Å². The standard InChI is InChI=1S/C12H8NS/c14-8-5-6-10-9-3-1-2-4-11(9)13-12(10)7-8/h1-7,13H. The van der Waals surface area contributed by atoms with Crippen LogP contribution < -0.4 is 0 Å². The highest BCUT2D eigenvalue weighted by atomic mass is 32.1. The fourth-order valence-electron chi connectivity index (χ4n) is 1.83. The van der Waals surface area contributed by atoms with E-state index in [2.05, 4.69) is 29.2 Å². The molecule has 0 fully saturated rings. The SMILES string of the molecule is [S]c1ccc2c(c1)[nH]c1ccccc12. The summed E-state index contributed by atoms with van der Waals surface area (Å²) in [6.07, 6.45) is 0. The van der Waals surface area contributed by atoms with Gasteiger partial charge in [-0.25, -0.2) is 0 Å². The fraction of sp³-hybridized carbons (Fsp3) is 0. The van der Waals surface area contributed by atoms with Crippen LogP contribution in [0.4, 0.5) is 0 Å². The van der Waals surface area contributed by atoms with Gasteiger partial charge >= 0.3 is 0 Å². The second-order valence-electron chi connectivity index (χ2n) is 3.38. The molecule has 0 amide bonds. The number of rotatable bonds is 0. The normalized spacial score (nSPS) is 11.1. The van der Waals surface area contributed by atoms with E-state index < -0.39 is 0 Å². The van der Waals surface area contributed by atoms with Crippen LogP contribution in [0.5, 0.6) is 0 Å². The first-order chi connectivity index (χ1) is 6.84. The molecule has 0 aliphatic heterocycles. The third kappa shape index (κ3) is 1.01. The van der Waals surface area contributed by atoms with Gasteiger partial charge in [-0.1, -0.05) is 36.9 Å². The van der Waals surface area contributed by atoms with Crippen LogP contribution >= 0.6 is 12.6 Å². The monoisotopic (exact) mass is 198 g/mol. The lowest BCUT2D eigenvalue weighted by molar-refractivity contribution is 1.47. The maximum absolute atomic E-state index is 5.12. The van der Waals surface area contributed by atoms with Gasteiger partial charge in [0.05, 0.1) is 0 Å². The molecule has 67 valence electrons. The molecule has 2 aromatic carbocycles. The molecule has 0 unspecified atom stereocenters. The molecule has 0 saturated carbocycles. The Hall–Kier alpha value is -1.54. The van der Waals surface area contributed by atoms with Crippen LogP contribution in [-0.4, -0.2) is 4.98 Å². The smallest absolute Gasteiger partial charge is 0.0479 e. The maximum Gasteiger partial charge on any atom is 0.0479 e. The number of para-hydroxylation sites is 1. The van der Waals surface area contributed by atoms with Crippen molar-refractivity contribution in [2.24, 2.45) is 0 Å². The van der Waals surface area contributed by atoms with E-state index in [1.165, 1.54) is 16.3 Å². The van der Waals surface area contributed by atoms with Crippen molar-refractivity contribution in [3.8, 4) is 0 Å². The van der Waals surface area contributed by atoms with E-state index in [1.807, 2.05) is 18.2 Å². The first-order valence-electron chi connectivity index (χ1n) is 4.52. The van der Waals surface area contributed by atoms with Crippen molar-refractivity contribution in [1.82, 2.24) is 4.98 Å². The molecule has 3 aromatic rings. The molecule has 0 saturated heterocycles. The quantitative estimate of drug-likeness (QED) is 0.564. The lowest BCUT2D eigenvalue weighted by Gasteiger charge is -1.90. The predicted molar refractivity (Wildman–Crippen MR) is 61.7 cm³/mol. The molecule has 0 bridgehead atoms. The minimum atomic E-state index is 0.879. The molecule has 14 heavy (non-hydrogen) atoms. The minimum Gasteiger partial charge on any atom is -0.354 e. The van der Waals surface area contributed by atoms with Crippen LogP contribution in [0.15, 0.2) is 47.4 Å². The minimum absolute atomic E-state index is 0.879. The lowest BCUT2D eigenvalue weighted by Crippen LogP contribution is -1.67. The highest BCUT2D eigenvalue weighted by Crippen LogP contribution is 2.26. The zero-order valence-electron chi connectivity index (χ0n) is 7.45. The first-order valence-corrected chi connectivity index (χ1v) is 4.93. The molecular formula is C12H8NS. The molecule has 3 rings (SSSR count). The Balaban J connectivity index is 2.57. The van der Waals surface area contributed by atoms with Crippen molar-refractivity contribution in [1.29, 1.82) is 0 Å². The summed E-state index contributed by atoms with van der Waals surface area (Å²) in [5, 5.41) is 2.51. The second-order valence-corrected chi connectivity index (χ2v) is 3.85. The van der Waals surface area contributed by atoms with Gasteiger partial charge in [0, 0.05) is 26.7 Å². The summed E-state index contributed by atoms with van der Waals surface area (Å²) >= 11 is 5.12. The van der Waals surface area contributed by atoms with Crippen molar-refractivity contribution in [2.75, 3.05) is 0 Å². The molecular weight excluding hydrogens is 190 g/mol. The van der Waals surface area contributed by atoms with E-state index in [0.29, 0.717) is 0 Å². The van der Waals surface area contributed by atoms with Crippen molar-refractivity contribution in [3.63, 3.8) is 0 Å². The fourth-order valence-corrected chi connectivity index (χ4v) is 2.02. The zero-order chi connectivity index (χ0) is 9.54. The Morgan fingerprint density at radius 1 is 0.857 bits per heavy atom. The summed E-state index contributed by atoms with van der Waals surface area (Å²) < 4.78 is 0. The Bertz CT molecular complexity index is 610. The Morgan fingerprint density at radius 2 is 1.64 bits per heavy atom. The predicted octanol–water partition coefficient (Wildman–Crippen LogP) is 3.88. The van der Waals surface area contributed by atoms with Gasteiger partial charge in [-0.2, -0.15) is 0 Å². The molecule has 1 nitrogen and oxygen atoms in total. The number of fused-ring (bicyclic) bond motifs is 3. The summed E-state index contributed by atoms with van der Waals surface area (Å²) in [6, 6.07) is 14.3. The Kier molecular flexibility index (Phi) is 1.52. The summed E-state index contributed by atoms with van der Waals surface area (Å²) in [4.78, 5) is 4.23. The number of benzene rings is 2. The summed E-state index contributed by atoms with van der Waals surface area (Å²) in [5.41, 5.74) is 2.29. The van der Waals surface area contributed by atoms with Crippen LogP contribution in [0.3, 0.4) is 0 Å². The number of hydrogen-bond acceptors (Lipinski definition) is 0. The topological polar surface area (TPSA) is 15.8 Å². The van der Waals surface area contributed by atoms with Crippen LogP contribution in [0.2, 0.25) is 0 Å². The van der Waals surface area contributed by atoms with Gasteiger partial charge in [-0.3, -0.25) is 0 Å². The van der Waals surface area contributed by atoms with E-state index in [1.54, 1.807) is 0 Å². The van der Waals surface area contributed by atoms with Gasteiger partial charge in [-0.15, -0.1) is 0 Å². The average Bonchev–Trinajstić information content (AvgIpc) is 2.54. The highest BCUT2D eigenvalue weighted by Gasteiger charge is 2.02. The van der Waals surface area contributed by atoms with Crippen molar-refractivity contribution in [2.45, 2.75) is 4.90 Å². The zero-order valence-corrected chi connectivity index (χ0v) is 8.27. The van der Waals surface area contributed by atoms with E-state index >= 15 is 0 Å². The van der Waals surface area contributed by atoms with Crippen molar-refractivity contribution >= 4 is 34.4 Å². The molecule has 0 aliphatic carbocycles. The lowest BCUT2D eigenvalue weighted by atomic mass is 10.2. The van der Waals surface area contributed by atoms with E-state index in [9.17, 15) is 0 Å². The Labute approximate surface area is 87.2 Å². The van der Waals surface area contributed by atoms with Crippen LogP contribution in [0.25, 0.3) is 21.8 Å². The number of aromatic nitrogens is 1. The molecule has 0 atom stereocenters. The molecule has 0 spiro atoms. The Morgan fingerprint density at radius 3 is 2.57 bits per heavy atom. The van der Waals surface area contributed by atoms with Gasteiger partial charge in [0.2, 0.25) is 0 Å². The van der Waals surface area contributed by atoms with Gasteiger partial charge in [0.25, 0.3) is 0 Å². The third-order valence-corrected chi connectivity index (χ3v) is 2.73. The largest absolute Gasteiger partial charge is 0.354 e. The molecule has 1 N–H and O–H groups in total. The molecule has 0 aliphatic rings.